The van der Waals surface area contributed by atoms with Crippen LogP contribution in [0.1, 0.15) is 11.3 Å². The van der Waals surface area contributed by atoms with E-state index in [1.165, 1.54) is 0 Å². The Morgan fingerprint density at radius 2 is 2.21 bits per heavy atom. The largest absolute Gasteiger partial charge is 0.308 e. The lowest BCUT2D eigenvalue weighted by Crippen LogP contribution is -2.19. The minimum Gasteiger partial charge on any atom is -0.308 e. The molecule has 0 atom stereocenters. The van der Waals surface area contributed by atoms with Gasteiger partial charge in [-0.15, -0.1) is 0 Å². The molecule has 0 aliphatic heterocycles. The molecule has 5 heteroatoms. The van der Waals surface area contributed by atoms with Gasteiger partial charge in [-0.2, -0.15) is 10.4 Å². The maximum atomic E-state index is 8.79. The summed E-state index contributed by atoms with van der Waals surface area (Å²) in [6.07, 6.45) is 0. The van der Waals surface area contributed by atoms with Crippen LogP contribution in [0.5, 0.6) is 0 Å². The predicted octanol–water partition coefficient (Wildman–Crippen LogP) is 1.28. The SMILES string of the molecule is Cc1nn(CCN(C)C)c(Cl)c1C#N. The molecule has 1 aromatic heterocycles. The van der Waals surface area contributed by atoms with Crippen LogP contribution in [0, 0.1) is 18.3 Å². The number of likely N-dealkylation sites (N-methyl/N-ethyl adjacent to an activating group) is 1. The number of aryl methyl sites for hydroxylation is 1. The summed E-state index contributed by atoms with van der Waals surface area (Å²) in [6, 6.07) is 2.04. The minimum absolute atomic E-state index is 0.437. The second kappa shape index (κ2) is 4.45. The first-order chi connectivity index (χ1) is 6.56. The number of halogens is 1. The molecule has 0 spiro atoms. The fourth-order valence-corrected chi connectivity index (χ4v) is 1.42. The zero-order chi connectivity index (χ0) is 10.7. The number of nitriles is 1. The molecule has 0 radical (unpaired) electrons. The number of aromatic nitrogens is 2. The summed E-state index contributed by atoms with van der Waals surface area (Å²) in [6.45, 7) is 3.34. The third-order valence-electron chi connectivity index (χ3n) is 1.94. The van der Waals surface area contributed by atoms with Crippen molar-refractivity contribution in [3.63, 3.8) is 0 Å². The molecule has 0 aliphatic carbocycles. The van der Waals surface area contributed by atoms with E-state index < -0.39 is 0 Å². The maximum absolute atomic E-state index is 8.79. The quantitative estimate of drug-likeness (QED) is 0.758. The number of nitrogens with zero attached hydrogens (tertiary/aromatic N) is 4. The van der Waals surface area contributed by atoms with Crippen LogP contribution in [0.15, 0.2) is 0 Å². The van der Waals surface area contributed by atoms with Gasteiger partial charge in [0.1, 0.15) is 16.8 Å². The van der Waals surface area contributed by atoms with Crippen LogP contribution < -0.4 is 0 Å². The molecule has 0 N–H and O–H groups in total. The van der Waals surface area contributed by atoms with Crippen LogP contribution in [0.4, 0.5) is 0 Å². The zero-order valence-electron chi connectivity index (χ0n) is 8.58. The lowest BCUT2D eigenvalue weighted by atomic mass is 10.3. The zero-order valence-corrected chi connectivity index (χ0v) is 9.34. The van der Waals surface area contributed by atoms with E-state index in [1.54, 1.807) is 11.6 Å². The Labute approximate surface area is 88.7 Å². The monoisotopic (exact) mass is 212 g/mol. The fourth-order valence-electron chi connectivity index (χ4n) is 1.12. The fraction of sp³-hybridized carbons (Fsp3) is 0.556. The van der Waals surface area contributed by atoms with Crippen molar-refractivity contribution < 1.29 is 0 Å². The molecule has 0 saturated carbocycles. The summed E-state index contributed by atoms with van der Waals surface area (Å²) in [5.74, 6) is 0. The summed E-state index contributed by atoms with van der Waals surface area (Å²) in [4.78, 5) is 2.04. The molecule has 0 aromatic carbocycles. The van der Waals surface area contributed by atoms with Crippen molar-refractivity contribution in [3.8, 4) is 6.07 Å². The Bertz CT molecular complexity index is 362. The molecule has 1 aromatic rings. The molecule has 14 heavy (non-hydrogen) atoms. The summed E-state index contributed by atoms with van der Waals surface area (Å²) >= 11 is 5.97. The minimum atomic E-state index is 0.437. The van der Waals surface area contributed by atoms with Gasteiger partial charge >= 0.3 is 0 Å². The van der Waals surface area contributed by atoms with Crippen molar-refractivity contribution in [2.24, 2.45) is 0 Å². The molecular formula is C9H13ClN4. The highest BCUT2D eigenvalue weighted by Crippen LogP contribution is 2.17. The van der Waals surface area contributed by atoms with Crippen LogP contribution in [-0.4, -0.2) is 35.3 Å². The van der Waals surface area contributed by atoms with Gasteiger partial charge in [-0.1, -0.05) is 11.6 Å². The molecular weight excluding hydrogens is 200 g/mol. The van der Waals surface area contributed by atoms with Crippen LogP contribution in [0.3, 0.4) is 0 Å². The van der Waals surface area contributed by atoms with E-state index in [2.05, 4.69) is 5.10 Å². The van der Waals surface area contributed by atoms with Crippen molar-refractivity contribution >= 4 is 11.6 Å². The van der Waals surface area contributed by atoms with Gasteiger partial charge in [0.2, 0.25) is 0 Å². The summed E-state index contributed by atoms with van der Waals surface area (Å²) in [5.41, 5.74) is 1.17. The average molecular weight is 213 g/mol. The number of hydrogen-bond donors (Lipinski definition) is 0. The molecule has 0 unspecified atom stereocenters. The Morgan fingerprint density at radius 1 is 1.57 bits per heavy atom. The van der Waals surface area contributed by atoms with Crippen molar-refractivity contribution in [2.45, 2.75) is 13.5 Å². The van der Waals surface area contributed by atoms with Crippen LogP contribution in [0.25, 0.3) is 0 Å². The molecule has 0 fully saturated rings. The van der Waals surface area contributed by atoms with E-state index in [0.717, 1.165) is 6.54 Å². The van der Waals surface area contributed by atoms with Gasteiger partial charge in [0.05, 0.1) is 12.2 Å². The average Bonchev–Trinajstić information content (AvgIpc) is 2.38. The lowest BCUT2D eigenvalue weighted by molar-refractivity contribution is 0.373. The van der Waals surface area contributed by atoms with Crippen molar-refractivity contribution in [1.82, 2.24) is 14.7 Å². The van der Waals surface area contributed by atoms with Gasteiger partial charge in [-0.05, 0) is 21.0 Å². The van der Waals surface area contributed by atoms with Gasteiger partial charge < -0.3 is 4.90 Å². The molecule has 1 rings (SSSR count). The highest BCUT2D eigenvalue weighted by molar-refractivity contribution is 6.30. The van der Waals surface area contributed by atoms with Gasteiger partial charge in [-0.3, -0.25) is 4.68 Å². The second-order valence-electron chi connectivity index (χ2n) is 3.39. The highest BCUT2D eigenvalue weighted by Gasteiger charge is 2.12. The van der Waals surface area contributed by atoms with E-state index in [0.29, 0.717) is 23.0 Å². The summed E-state index contributed by atoms with van der Waals surface area (Å²) in [7, 11) is 3.96. The first kappa shape index (κ1) is 11.0. The number of hydrogen-bond acceptors (Lipinski definition) is 3. The first-order valence-electron chi connectivity index (χ1n) is 4.34. The van der Waals surface area contributed by atoms with Crippen LogP contribution >= 0.6 is 11.6 Å². The third kappa shape index (κ3) is 2.25. The van der Waals surface area contributed by atoms with Crippen molar-refractivity contribution in [2.75, 3.05) is 20.6 Å². The van der Waals surface area contributed by atoms with Crippen molar-refractivity contribution in [3.05, 3.63) is 16.4 Å². The Balaban J connectivity index is 2.85. The van der Waals surface area contributed by atoms with E-state index in [9.17, 15) is 0 Å². The molecule has 0 amide bonds. The molecule has 76 valence electrons. The standard InChI is InChI=1S/C9H13ClN4/c1-7-8(6-11)9(10)14(12-7)5-4-13(2)3/h4-5H2,1-3H3. The molecule has 4 nitrogen and oxygen atoms in total. The number of rotatable bonds is 3. The van der Waals surface area contributed by atoms with E-state index >= 15 is 0 Å². The Kier molecular flexibility index (Phi) is 3.50. The molecule has 0 bridgehead atoms. The van der Waals surface area contributed by atoms with Gasteiger partial charge in [0, 0.05) is 6.54 Å². The predicted molar refractivity (Wildman–Crippen MR) is 55.2 cm³/mol. The van der Waals surface area contributed by atoms with Crippen LogP contribution in [-0.2, 0) is 6.54 Å². The van der Waals surface area contributed by atoms with Crippen LogP contribution in [0.2, 0.25) is 5.15 Å². The Morgan fingerprint density at radius 3 is 2.64 bits per heavy atom. The van der Waals surface area contributed by atoms with Crippen molar-refractivity contribution in [1.29, 1.82) is 5.26 Å². The third-order valence-corrected chi connectivity index (χ3v) is 2.32. The van der Waals surface area contributed by atoms with Gasteiger partial charge in [-0.25, -0.2) is 0 Å². The molecule has 0 aliphatic rings. The first-order valence-corrected chi connectivity index (χ1v) is 4.71. The smallest absolute Gasteiger partial charge is 0.145 e. The van der Waals surface area contributed by atoms with Gasteiger partial charge in [0.15, 0.2) is 0 Å². The molecule has 0 saturated heterocycles. The Hall–Kier alpha value is -1.05. The second-order valence-corrected chi connectivity index (χ2v) is 3.75. The highest BCUT2D eigenvalue weighted by atomic mass is 35.5. The normalized spacial score (nSPS) is 10.6. The maximum Gasteiger partial charge on any atom is 0.145 e. The molecule has 1 heterocycles. The summed E-state index contributed by atoms with van der Waals surface area (Å²) in [5, 5.41) is 13.4. The van der Waals surface area contributed by atoms with E-state index in [1.807, 2.05) is 25.1 Å². The van der Waals surface area contributed by atoms with Gasteiger partial charge in [0.25, 0.3) is 0 Å². The van der Waals surface area contributed by atoms with E-state index in [4.69, 9.17) is 16.9 Å². The van der Waals surface area contributed by atoms with E-state index in [-0.39, 0.29) is 0 Å². The lowest BCUT2D eigenvalue weighted by Gasteiger charge is -2.09. The topological polar surface area (TPSA) is 44.9 Å². The summed E-state index contributed by atoms with van der Waals surface area (Å²) < 4.78 is 1.66.